The summed E-state index contributed by atoms with van der Waals surface area (Å²) in [5.41, 5.74) is 2.44. The molecule has 11 heteroatoms. The molecule has 1 aliphatic heterocycles. The summed E-state index contributed by atoms with van der Waals surface area (Å²) >= 11 is 0. The van der Waals surface area contributed by atoms with Gasteiger partial charge in [-0.3, -0.25) is 4.68 Å². The van der Waals surface area contributed by atoms with Gasteiger partial charge in [-0.1, -0.05) is 6.08 Å². The summed E-state index contributed by atoms with van der Waals surface area (Å²) in [5.74, 6) is -0.165. The molecule has 0 spiro atoms. The Morgan fingerprint density at radius 1 is 0.974 bits per heavy atom. The Labute approximate surface area is 216 Å². The van der Waals surface area contributed by atoms with Gasteiger partial charge in [0.15, 0.2) is 11.6 Å². The fourth-order valence-corrected chi connectivity index (χ4v) is 4.74. The lowest BCUT2D eigenvalue weighted by molar-refractivity contribution is 0.0970. The molecule has 0 bridgehead atoms. The van der Waals surface area contributed by atoms with Crippen LogP contribution < -0.4 is 4.90 Å². The average Bonchev–Trinajstić information content (AvgIpc) is 3.55. The number of nitrogens with zero attached hydrogens (tertiary/aromatic N) is 8. The Bertz CT molecular complexity index is 1670. The molecule has 0 saturated carbocycles. The molecule has 0 fully saturated rings. The normalized spacial score (nSPS) is 15.5. The van der Waals surface area contributed by atoms with E-state index in [4.69, 9.17) is 0 Å². The van der Waals surface area contributed by atoms with Crippen LogP contribution in [0.5, 0.6) is 0 Å². The SMILES string of the molecule is Cn1cc(-c2cc3c(N4CC=C(c5ncc(C(C)(O)c6ccc(F)cc6F)cn5)CC4)ncnn3c2)cn1. The Morgan fingerprint density at radius 3 is 2.47 bits per heavy atom. The fourth-order valence-electron chi connectivity index (χ4n) is 4.74. The number of hydrogen-bond acceptors (Lipinski definition) is 7. The fraction of sp³-hybridized carbons (Fsp3) is 0.222. The third kappa shape index (κ3) is 4.20. The Balaban J connectivity index is 1.22. The zero-order valence-electron chi connectivity index (χ0n) is 20.8. The Kier molecular flexibility index (Phi) is 5.72. The van der Waals surface area contributed by atoms with Gasteiger partial charge in [0, 0.05) is 73.2 Å². The predicted octanol–water partition coefficient (Wildman–Crippen LogP) is 3.75. The predicted molar refractivity (Wildman–Crippen MR) is 137 cm³/mol. The van der Waals surface area contributed by atoms with Crippen molar-refractivity contribution in [2.45, 2.75) is 18.9 Å². The van der Waals surface area contributed by atoms with Crippen LogP contribution in [-0.2, 0) is 12.6 Å². The molecule has 0 aliphatic carbocycles. The molecule has 1 aliphatic rings. The van der Waals surface area contributed by atoms with E-state index >= 15 is 0 Å². The molecule has 1 N–H and O–H groups in total. The molecule has 192 valence electrons. The second-order valence-electron chi connectivity index (χ2n) is 9.46. The van der Waals surface area contributed by atoms with Crippen LogP contribution in [0.3, 0.4) is 0 Å². The third-order valence-corrected chi connectivity index (χ3v) is 6.89. The summed E-state index contributed by atoms with van der Waals surface area (Å²) in [6.45, 7) is 2.75. The standard InChI is InChI=1S/C27H24F2N8O/c1-27(38,22-4-3-21(28)10-23(22)29)20-12-30-25(31-13-20)17-5-7-36(8-6-17)26-24-9-18(15-37(24)34-16-32-26)19-11-33-35(2)14-19/h3-5,9-16,38H,6-8H2,1-2H3. The van der Waals surface area contributed by atoms with E-state index in [9.17, 15) is 13.9 Å². The third-order valence-electron chi connectivity index (χ3n) is 6.89. The van der Waals surface area contributed by atoms with E-state index in [2.05, 4.69) is 42.2 Å². The van der Waals surface area contributed by atoms with Gasteiger partial charge < -0.3 is 10.0 Å². The minimum absolute atomic E-state index is 0.0454. The highest BCUT2D eigenvalue weighted by molar-refractivity contribution is 5.78. The van der Waals surface area contributed by atoms with E-state index in [1.807, 2.05) is 30.2 Å². The van der Waals surface area contributed by atoms with Crippen LogP contribution >= 0.6 is 0 Å². The van der Waals surface area contributed by atoms with Crippen LogP contribution in [0.15, 0.2) is 67.7 Å². The summed E-state index contributed by atoms with van der Waals surface area (Å²) in [6, 6.07) is 5.14. The Morgan fingerprint density at radius 2 is 1.79 bits per heavy atom. The topological polar surface area (TPSA) is 97.3 Å². The molecule has 1 atom stereocenters. The van der Waals surface area contributed by atoms with Crippen LogP contribution in [-0.4, -0.2) is 52.5 Å². The summed E-state index contributed by atoms with van der Waals surface area (Å²) in [5, 5.41) is 19.6. The lowest BCUT2D eigenvalue weighted by atomic mass is 9.89. The summed E-state index contributed by atoms with van der Waals surface area (Å²) < 4.78 is 31.2. The minimum atomic E-state index is -1.71. The first-order valence-corrected chi connectivity index (χ1v) is 12.1. The molecule has 1 aromatic carbocycles. The lowest BCUT2D eigenvalue weighted by Crippen LogP contribution is -2.30. The zero-order valence-corrected chi connectivity index (χ0v) is 20.8. The number of benzene rings is 1. The average molecular weight is 515 g/mol. The highest BCUT2D eigenvalue weighted by Crippen LogP contribution is 2.32. The zero-order chi connectivity index (χ0) is 26.4. The molecular weight excluding hydrogens is 490 g/mol. The molecule has 1 unspecified atom stereocenters. The number of aromatic nitrogens is 7. The van der Waals surface area contributed by atoms with Gasteiger partial charge in [-0.05, 0) is 37.1 Å². The first kappa shape index (κ1) is 23.9. The van der Waals surface area contributed by atoms with Gasteiger partial charge >= 0.3 is 0 Å². The molecule has 5 aromatic rings. The maximum absolute atomic E-state index is 14.3. The molecular formula is C27H24F2N8O. The number of aryl methyl sites for hydroxylation is 1. The van der Waals surface area contributed by atoms with Crippen molar-refractivity contribution in [3.8, 4) is 11.1 Å². The number of hydrogen-bond donors (Lipinski definition) is 1. The molecule has 0 radical (unpaired) electrons. The quantitative estimate of drug-likeness (QED) is 0.382. The largest absolute Gasteiger partial charge is 0.380 e. The lowest BCUT2D eigenvalue weighted by Gasteiger charge is -2.27. The number of halogens is 2. The minimum Gasteiger partial charge on any atom is -0.380 e. The van der Waals surface area contributed by atoms with Crippen molar-refractivity contribution in [2.24, 2.45) is 7.05 Å². The van der Waals surface area contributed by atoms with Gasteiger partial charge in [-0.2, -0.15) is 10.2 Å². The van der Waals surface area contributed by atoms with E-state index in [-0.39, 0.29) is 5.56 Å². The van der Waals surface area contributed by atoms with Crippen molar-refractivity contribution in [2.75, 3.05) is 18.0 Å². The van der Waals surface area contributed by atoms with Crippen LogP contribution in [0.4, 0.5) is 14.6 Å². The smallest absolute Gasteiger partial charge is 0.156 e. The van der Waals surface area contributed by atoms with Gasteiger partial charge in [0.1, 0.15) is 29.1 Å². The van der Waals surface area contributed by atoms with Crippen molar-refractivity contribution in [3.63, 3.8) is 0 Å². The van der Waals surface area contributed by atoms with Gasteiger partial charge in [0.2, 0.25) is 0 Å². The number of rotatable bonds is 5. The molecule has 38 heavy (non-hydrogen) atoms. The second kappa shape index (κ2) is 9.10. The van der Waals surface area contributed by atoms with Crippen molar-refractivity contribution in [3.05, 3.63) is 96.2 Å². The highest BCUT2D eigenvalue weighted by Gasteiger charge is 2.30. The molecule has 6 rings (SSSR count). The van der Waals surface area contributed by atoms with E-state index in [1.165, 1.54) is 25.4 Å². The van der Waals surface area contributed by atoms with Gasteiger partial charge in [-0.25, -0.2) is 28.2 Å². The first-order valence-electron chi connectivity index (χ1n) is 12.1. The van der Waals surface area contributed by atoms with E-state index in [0.717, 1.165) is 40.2 Å². The Hall–Kier alpha value is -4.51. The van der Waals surface area contributed by atoms with E-state index < -0.39 is 17.2 Å². The van der Waals surface area contributed by atoms with Crippen LogP contribution in [0.25, 0.3) is 22.2 Å². The number of fused-ring (bicyclic) bond motifs is 1. The monoisotopic (exact) mass is 514 g/mol. The van der Waals surface area contributed by atoms with Crippen LogP contribution in [0.1, 0.15) is 30.3 Å². The van der Waals surface area contributed by atoms with Gasteiger partial charge in [0.05, 0.1) is 6.20 Å². The second-order valence-corrected chi connectivity index (χ2v) is 9.46. The first-order chi connectivity index (χ1) is 18.3. The highest BCUT2D eigenvalue weighted by atomic mass is 19.1. The molecule has 0 saturated heterocycles. The molecule has 5 heterocycles. The van der Waals surface area contributed by atoms with Crippen molar-refractivity contribution in [1.29, 1.82) is 0 Å². The number of anilines is 1. The summed E-state index contributed by atoms with van der Waals surface area (Å²) in [6.07, 6.45) is 13.0. The van der Waals surface area contributed by atoms with Gasteiger partial charge in [-0.15, -0.1) is 0 Å². The van der Waals surface area contributed by atoms with Crippen molar-refractivity contribution >= 4 is 16.9 Å². The van der Waals surface area contributed by atoms with Crippen LogP contribution in [0.2, 0.25) is 0 Å². The van der Waals surface area contributed by atoms with Crippen molar-refractivity contribution in [1.82, 2.24) is 34.3 Å². The number of aliphatic hydroxyl groups is 1. The van der Waals surface area contributed by atoms with Crippen LogP contribution in [0, 0.1) is 11.6 Å². The van der Waals surface area contributed by atoms with E-state index in [0.29, 0.717) is 30.9 Å². The summed E-state index contributed by atoms with van der Waals surface area (Å²) in [7, 11) is 1.88. The van der Waals surface area contributed by atoms with Gasteiger partial charge in [0.25, 0.3) is 0 Å². The van der Waals surface area contributed by atoms with Crippen molar-refractivity contribution < 1.29 is 13.9 Å². The summed E-state index contributed by atoms with van der Waals surface area (Å²) in [4.78, 5) is 15.6. The molecule has 9 nitrogen and oxygen atoms in total. The molecule has 4 aromatic heterocycles. The maximum Gasteiger partial charge on any atom is 0.156 e. The molecule has 0 amide bonds. The maximum atomic E-state index is 14.3. The van der Waals surface area contributed by atoms with E-state index in [1.54, 1.807) is 11.0 Å².